The van der Waals surface area contributed by atoms with Gasteiger partial charge in [0, 0.05) is 24.7 Å². The van der Waals surface area contributed by atoms with Crippen LogP contribution < -0.4 is 17.2 Å². The Bertz CT molecular complexity index is 859. The summed E-state index contributed by atoms with van der Waals surface area (Å²) in [5.41, 5.74) is 11.8. The summed E-state index contributed by atoms with van der Waals surface area (Å²) < 4.78 is 21.1. The molecule has 0 bridgehead atoms. The topological polar surface area (TPSA) is 115 Å². The van der Waals surface area contributed by atoms with E-state index in [0.29, 0.717) is 18.6 Å². The van der Waals surface area contributed by atoms with Crippen molar-refractivity contribution < 1.29 is 13.6 Å². The molecule has 10 heteroatoms. The maximum absolute atomic E-state index is 12.6. The third-order valence-electron chi connectivity index (χ3n) is 7.44. The summed E-state index contributed by atoms with van der Waals surface area (Å²) in [4.78, 5) is 16.5. The molecule has 1 fully saturated rings. The minimum absolute atomic E-state index is 0.0578. The standard InChI is InChI=1S/C22H44N4O4Si2/c1-21(2,3)31(7,8)28-14-17-16(30-32(9,10)22(4,5)6)11-18(29-17)26-13-15(12-23)19(24)25-20(26)27/h13,16-18H,11-12,14,23H2,1-10H3,(H2,24,25,27)/t16-,17+,18+/m0/s1. The molecule has 3 atom stereocenters. The largest absolute Gasteiger partial charge is 0.414 e. The molecule has 4 N–H and O–H groups in total. The molecule has 0 unspecified atom stereocenters. The summed E-state index contributed by atoms with van der Waals surface area (Å²) >= 11 is 0. The summed E-state index contributed by atoms with van der Waals surface area (Å²) in [6.45, 7) is 22.9. The van der Waals surface area contributed by atoms with Crippen molar-refractivity contribution in [3.63, 3.8) is 0 Å². The van der Waals surface area contributed by atoms with Gasteiger partial charge in [-0.3, -0.25) is 4.57 Å². The van der Waals surface area contributed by atoms with E-state index in [1.807, 2.05) is 0 Å². The maximum Gasteiger partial charge on any atom is 0.351 e. The molecule has 2 rings (SSSR count). The van der Waals surface area contributed by atoms with Crippen LogP contribution in [0.25, 0.3) is 0 Å². The molecule has 1 aromatic heterocycles. The SMILES string of the molecule is CC(C)(C)[Si](C)(C)OC[C@H]1O[C@@H](n2cc(CN)c(N)nc2=O)C[C@@H]1O[Si](C)(C)C(C)(C)C. The van der Waals surface area contributed by atoms with E-state index in [1.165, 1.54) is 4.57 Å². The molecule has 1 aromatic rings. The molecule has 0 spiro atoms. The van der Waals surface area contributed by atoms with Crippen LogP contribution in [0, 0.1) is 0 Å². The van der Waals surface area contributed by atoms with Crippen LogP contribution in [-0.4, -0.2) is 45.0 Å². The van der Waals surface area contributed by atoms with Gasteiger partial charge < -0.3 is 25.1 Å². The highest BCUT2D eigenvalue weighted by Gasteiger charge is 2.46. The van der Waals surface area contributed by atoms with E-state index >= 15 is 0 Å². The van der Waals surface area contributed by atoms with Crippen LogP contribution in [0.2, 0.25) is 36.3 Å². The number of hydrogen-bond acceptors (Lipinski definition) is 7. The second kappa shape index (κ2) is 9.30. The molecule has 1 saturated heterocycles. The molecule has 0 saturated carbocycles. The monoisotopic (exact) mass is 484 g/mol. The Kier molecular flexibility index (Phi) is 7.91. The second-order valence-corrected chi connectivity index (χ2v) is 21.5. The van der Waals surface area contributed by atoms with Crippen LogP contribution in [-0.2, 0) is 20.1 Å². The summed E-state index contributed by atoms with van der Waals surface area (Å²) in [7, 11) is -4.03. The average Bonchev–Trinajstić information content (AvgIpc) is 3.00. The Labute approximate surface area is 195 Å². The van der Waals surface area contributed by atoms with Gasteiger partial charge in [0.2, 0.25) is 0 Å². The lowest BCUT2D eigenvalue weighted by Gasteiger charge is -2.40. The molecular weight excluding hydrogens is 440 g/mol. The molecule has 1 aliphatic rings. The maximum atomic E-state index is 12.6. The van der Waals surface area contributed by atoms with E-state index in [4.69, 9.17) is 25.1 Å². The molecule has 2 heterocycles. The Balaban J connectivity index is 2.34. The van der Waals surface area contributed by atoms with Gasteiger partial charge in [0.1, 0.15) is 18.1 Å². The van der Waals surface area contributed by atoms with Crippen molar-refractivity contribution in [2.75, 3.05) is 12.3 Å². The predicted octanol–water partition coefficient (Wildman–Crippen LogP) is 3.98. The van der Waals surface area contributed by atoms with E-state index in [-0.39, 0.29) is 34.6 Å². The predicted molar refractivity (Wildman–Crippen MR) is 135 cm³/mol. The van der Waals surface area contributed by atoms with Crippen LogP contribution in [0.15, 0.2) is 11.0 Å². The summed E-state index contributed by atoms with van der Waals surface area (Å²) in [6, 6.07) is 0. The van der Waals surface area contributed by atoms with E-state index in [9.17, 15) is 4.79 Å². The molecule has 0 amide bonds. The van der Waals surface area contributed by atoms with Crippen LogP contribution in [0.1, 0.15) is 59.8 Å². The lowest BCUT2D eigenvalue weighted by molar-refractivity contribution is -0.0412. The van der Waals surface area contributed by atoms with E-state index in [0.717, 1.165) is 0 Å². The van der Waals surface area contributed by atoms with Gasteiger partial charge in [0.15, 0.2) is 16.6 Å². The molecular formula is C22H44N4O4Si2. The fraction of sp³-hybridized carbons (Fsp3) is 0.818. The van der Waals surface area contributed by atoms with Gasteiger partial charge in [-0.2, -0.15) is 4.98 Å². The van der Waals surface area contributed by atoms with Gasteiger partial charge in [0.25, 0.3) is 0 Å². The lowest BCUT2D eigenvalue weighted by atomic mass is 10.2. The molecule has 0 aromatic carbocycles. The zero-order valence-electron chi connectivity index (χ0n) is 21.6. The van der Waals surface area contributed by atoms with Gasteiger partial charge in [-0.15, -0.1) is 0 Å². The van der Waals surface area contributed by atoms with Gasteiger partial charge in [-0.05, 0) is 36.3 Å². The first-order valence-corrected chi connectivity index (χ1v) is 17.3. The van der Waals surface area contributed by atoms with Crippen molar-refractivity contribution in [2.24, 2.45) is 5.73 Å². The van der Waals surface area contributed by atoms with E-state index in [1.54, 1.807) is 6.20 Å². The van der Waals surface area contributed by atoms with Crippen molar-refractivity contribution >= 4 is 22.5 Å². The van der Waals surface area contributed by atoms with Crippen LogP contribution >= 0.6 is 0 Å². The fourth-order valence-corrected chi connectivity index (χ4v) is 5.47. The lowest BCUT2D eigenvalue weighted by Crippen LogP contribution is -2.48. The molecule has 32 heavy (non-hydrogen) atoms. The molecule has 0 aliphatic carbocycles. The smallest absolute Gasteiger partial charge is 0.351 e. The van der Waals surface area contributed by atoms with Crippen LogP contribution in [0.4, 0.5) is 5.82 Å². The average molecular weight is 485 g/mol. The van der Waals surface area contributed by atoms with Crippen LogP contribution in [0.3, 0.4) is 0 Å². The molecule has 0 radical (unpaired) electrons. The number of rotatable bonds is 7. The number of anilines is 1. The highest BCUT2D eigenvalue weighted by Crippen LogP contribution is 2.42. The second-order valence-electron chi connectivity index (χ2n) is 11.9. The fourth-order valence-electron chi connectivity index (χ4n) is 3.09. The number of hydrogen-bond donors (Lipinski definition) is 2. The summed E-state index contributed by atoms with van der Waals surface area (Å²) in [6.07, 6.45) is 1.28. The van der Waals surface area contributed by atoms with E-state index in [2.05, 4.69) is 72.7 Å². The van der Waals surface area contributed by atoms with Crippen molar-refractivity contribution in [3.05, 3.63) is 22.2 Å². The summed E-state index contributed by atoms with van der Waals surface area (Å²) in [5, 5.41) is 0.150. The Hall–Kier alpha value is -1.05. The quantitative estimate of drug-likeness (QED) is 0.562. The zero-order chi connectivity index (χ0) is 24.7. The summed E-state index contributed by atoms with van der Waals surface area (Å²) in [5.74, 6) is 0.165. The molecule has 8 nitrogen and oxygen atoms in total. The highest BCUT2D eigenvalue weighted by molar-refractivity contribution is 6.74. The number of nitrogens with zero attached hydrogens (tertiary/aromatic N) is 2. The number of ether oxygens (including phenoxy) is 1. The normalized spacial score (nSPS) is 23.0. The van der Waals surface area contributed by atoms with Crippen molar-refractivity contribution in [2.45, 2.75) is 109 Å². The first-order chi connectivity index (χ1) is 14.4. The Morgan fingerprint density at radius 2 is 1.69 bits per heavy atom. The third kappa shape index (κ3) is 5.89. The minimum atomic E-state index is -2.06. The van der Waals surface area contributed by atoms with Crippen molar-refractivity contribution in [3.8, 4) is 0 Å². The van der Waals surface area contributed by atoms with Gasteiger partial charge in [-0.25, -0.2) is 4.79 Å². The van der Waals surface area contributed by atoms with Gasteiger partial charge in [0.05, 0.1) is 12.7 Å². The Morgan fingerprint density at radius 1 is 1.12 bits per heavy atom. The first kappa shape index (κ1) is 27.2. The minimum Gasteiger partial charge on any atom is -0.414 e. The molecule has 184 valence electrons. The number of nitrogens with two attached hydrogens (primary N) is 2. The Morgan fingerprint density at radius 3 is 2.19 bits per heavy atom. The number of aromatic nitrogens is 2. The molecule has 1 aliphatic heterocycles. The van der Waals surface area contributed by atoms with Gasteiger partial charge >= 0.3 is 5.69 Å². The highest BCUT2D eigenvalue weighted by atomic mass is 28.4. The van der Waals surface area contributed by atoms with Crippen molar-refractivity contribution in [1.82, 2.24) is 9.55 Å². The van der Waals surface area contributed by atoms with Crippen molar-refractivity contribution in [1.29, 1.82) is 0 Å². The first-order valence-electron chi connectivity index (χ1n) is 11.4. The van der Waals surface area contributed by atoms with Gasteiger partial charge in [-0.1, -0.05) is 41.5 Å². The van der Waals surface area contributed by atoms with E-state index < -0.39 is 28.6 Å². The number of nitrogen functional groups attached to an aromatic ring is 1. The third-order valence-corrected chi connectivity index (χ3v) is 16.4. The zero-order valence-corrected chi connectivity index (χ0v) is 23.6. The van der Waals surface area contributed by atoms with Crippen LogP contribution in [0.5, 0.6) is 0 Å².